The van der Waals surface area contributed by atoms with Crippen molar-refractivity contribution in [3.8, 4) is 44.8 Å². The van der Waals surface area contributed by atoms with Gasteiger partial charge in [-0.2, -0.15) is 0 Å². The number of imidazole rings is 2. The van der Waals surface area contributed by atoms with Gasteiger partial charge in [-0.1, -0.05) is 120 Å². The molecule has 5 aromatic rings. The Bertz CT molecular complexity index is 2780. The molecule has 0 unspecified atom stereocenters. The molecule has 4 atom stereocenters. The molecular weight excluding hydrogens is 905 g/mol. The molecule has 10 rings (SSSR count). The van der Waals surface area contributed by atoms with Crippen molar-refractivity contribution in [3.05, 3.63) is 95.8 Å². The van der Waals surface area contributed by atoms with Gasteiger partial charge in [0.2, 0.25) is 11.8 Å². The minimum Gasteiger partial charge on any atom is -0.453 e. The second-order valence-corrected chi connectivity index (χ2v) is 22.2. The number of rotatable bonds is 12. The lowest BCUT2D eigenvalue weighted by Gasteiger charge is -2.36. The van der Waals surface area contributed by atoms with Crippen LogP contribution in [-0.2, 0) is 30.9 Å². The van der Waals surface area contributed by atoms with Crippen molar-refractivity contribution >= 4 is 24.0 Å². The Morgan fingerprint density at radius 1 is 0.611 bits per heavy atom. The van der Waals surface area contributed by atoms with Gasteiger partial charge in [-0.25, -0.2) is 19.6 Å². The van der Waals surface area contributed by atoms with Crippen molar-refractivity contribution in [1.29, 1.82) is 0 Å². The number of fused-ring (bicyclic) bond motifs is 2. The summed E-state index contributed by atoms with van der Waals surface area (Å²) < 4.78 is 9.75. The first kappa shape index (κ1) is 49.2. The van der Waals surface area contributed by atoms with E-state index in [9.17, 15) is 19.2 Å². The number of nitrogens with zero attached hydrogens (tertiary/aromatic N) is 4. The fourth-order valence-corrected chi connectivity index (χ4v) is 12.7. The number of hydrogen-bond donors (Lipinski definition) is 4. The molecule has 5 aliphatic rings. The molecule has 2 aromatic heterocycles. The highest BCUT2D eigenvalue weighted by Crippen LogP contribution is 2.59. The van der Waals surface area contributed by atoms with Crippen LogP contribution >= 0.6 is 0 Å². The van der Waals surface area contributed by atoms with Crippen LogP contribution in [0.5, 0.6) is 0 Å². The molecule has 3 aliphatic carbocycles. The number of benzene rings is 3. The number of aromatic nitrogens is 4. The van der Waals surface area contributed by atoms with Gasteiger partial charge < -0.3 is 39.9 Å². The lowest BCUT2D eigenvalue weighted by atomic mass is 9.76. The number of carbonyl (C=O) groups is 4. The molecule has 2 saturated heterocycles. The van der Waals surface area contributed by atoms with Gasteiger partial charge in [-0.05, 0) is 125 Å². The second kappa shape index (κ2) is 20.2. The summed E-state index contributed by atoms with van der Waals surface area (Å²) in [6.07, 6.45) is 17.6. The summed E-state index contributed by atoms with van der Waals surface area (Å²) in [5.41, 5.74) is 12.2. The highest BCUT2D eigenvalue weighted by Gasteiger charge is 2.55. The summed E-state index contributed by atoms with van der Waals surface area (Å²) in [6, 6.07) is 20.6. The Labute approximate surface area is 423 Å². The van der Waals surface area contributed by atoms with E-state index >= 15 is 0 Å². The van der Waals surface area contributed by atoms with Crippen molar-refractivity contribution in [2.24, 2.45) is 17.3 Å². The molecule has 4 fully saturated rings. The molecule has 4 heterocycles. The van der Waals surface area contributed by atoms with E-state index in [0.717, 1.165) is 92.0 Å². The molecule has 380 valence electrons. The summed E-state index contributed by atoms with van der Waals surface area (Å²) in [5.74, 6) is 1.14. The van der Waals surface area contributed by atoms with E-state index in [1.807, 2.05) is 49.9 Å². The Morgan fingerprint density at radius 2 is 1.12 bits per heavy atom. The van der Waals surface area contributed by atoms with Crippen LogP contribution in [0.4, 0.5) is 9.59 Å². The van der Waals surface area contributed by atoms with Crippen LogP contribution in [0.25, 0.3) is 44.8 Å². The molecule has 14 nitrogen and oxygen atoms in total. The van der Waals surface area contributed by atoms with E-state index in [1.54, 1.807) is 0 Å². The Hall–Kier alpha value is -6.44. The van der Waals surface area contributed by atoms with Crippen LogP contribution in [0.15, 0.2) is 73.1 Å². The highest BCUT2D eigenvalue weighted by molar-refractivity contribution is 5.88. The zero-order valence-corrected chi connectivity index (χ0v) is 42.9. The Kier molecular flexibility index (Phi) is 13.8. The van der Waals surface area contributed by atoms with E-state index < -0.39 is 24.3 Å². The van der Waals surface area contributed by atoms with Gasteiger partial charge in [0.25, 0.3) is 0 Å². The van der Waals surface area contributed by atoms with Crippen molar-refractivity contribution < 1.29 is 28.7 Å². The van der Waals surface area contributed by atoms with Crippen LogP contribution in [0.1, 0.15) is 146 Å². The summed E-state index contributed by atoms with van der Waals surface area (Å²) in [6.45, 7) is 9.04. The van der Waals surface area contributed by atoms with Gasteiger partial charge in [0.05, 0.1) is 50.1 Å². The van der Waals surface area contributed by atoms with Crippen molar-refractivity contribution in [3.63, 3.8) is 0 Å². The SMILES string of the molecule is COC(=O)N[C@H](C(=O)N1CCCCCC[C@H]1c1ncc(-c2ccc(-c3ccc(-c4ccc(-c5cnc([C@@H]6CC7(CC7)CN6C(=O)[C@@H](NC(=O)OC)C(C)C)[nH]5)cc4)c4c3CCC43CCCC3)cc2)[nH]1)C(C)C. The molecule has 0 bridgehead atoms. The minimum absolute atomic E-state index is 0.0943. The standard InChI is InChI=1S/C58H72N8O6/c1-35(2)49(63-55(69)71-5)53(67)65-30-12-8-7-9-13-46(65)51-59-32-44(61-51)39-18-14-37(15-19-39)41-22-23-42(48-43(41)24-27-58(48)25-10-11-26-58)38-16-20-40(21-17-38)45-33-60-52(62-45)47-31-57(28-29-57)34-66(47)54(68)50(36(3)4)64-56(70)72-6/h14-23,32-33,35-36,46-47,49-50H,7-13,24-31,34H2,1-6H3,(H,59,61)(H,60,62)(H,63,69)(H,64,70)/t46-,47-,49-,50-/m0/s1. The Balaban J connectivity index is 0.887. The van der Waals surface area contributed by atoms with Gasteiger partial charge in [-0.3, -0.25) is 9.59 Å². The van der Waals surface area contributed by atoms with Gasteiger partial charge in [-0.15, -0.1) is 0 Å². The monoisotopic (exact) mass is 977 g/mol. The van der Waals surface area contributed by atoms with Crippen molar-refractivity contribution in [2.75, 3.05) is 27.3 Å². The van der Waals surface area contributed by atoms with Crippen molar-refractivity contribution in [2.45, 2.75) is 147 Å². The van der Waals surface area contributed by atoms with E-state index in [4.69, 9.17) is 19.4 Å². The maximum atomic E-state index is 14.1. The fraction of sp³-hybridized carbons (Fsp3) is 0.517. The van der Waals surface area contributed by atoms with Gasteiger partial charge >= 0.3 is 12.2 Å². The maximum absolute atomic E-state index is 14.1. The lowest BCUT2D eigenvalue weighted by Crippen LogP contribution is -2.52. The van der Waals surface area contributed by atoms with E-state index in [0.29, 0.717) is 13.1 Å². The number of alkyl carbamates (subject to hydrolysis) is 2. The lowest BCUT2D eigenvalue weighted by molar-refractivity contribution is -0.138. The third-order valence-corrected chi connectivity index (χ3v) is 16.9. The molecule has 72 heavy (non-hydrogen) atoms. The summed E-state index contributed by atoms with van der Waals surface area (Å²) >= 11 is 0. The molecule has 3 aromatic carbocycles. The zero-order valence-electron chi connectivity index (χ0n) is 42.9. The topological polar surface area (TPSA) is 175 Å². The van der Waals surface area contributed by atoms with E-state index in [2.05, 4.69) is 81.3 Å². The second-order valence-electron chi connectivity index (χ2n) is 22.2. The number of nitrogens with one attached hydrogen (secondary N) is 4. The number of ether oxygens (including phenoxy) is 2. The van der Waals surface area contributed by atoms with Gasteiger partial charge in [0, 0.05) is 13.1 Å². The number of likely N-dealkylation sites (tertiary alicyclic amines) is 2. The van der Waals surface area contributed by atoms with Crippen LogP contribution in [0, 0.1) is 17.3 Å². The molecule has 4 amide bonds. The zero-order chi connectivity index (χ0) is 50.3. The molecule has 2 aliphatic heterocycles. The van der Waals surface area contributed by atoms with E-state index in [1.165, 1.54) is 79.7 Å². The quantitative estimate of drug-likeness (QED) is 0.0955. The molecule has 0 radical (unpaired) electrons. The van der Waals surface area contributed by atoms with Gasteiger partial charge in [0.15, 0.2) is 0 Å². The maximum Gasteiger partial charge on any atom is 0.407 e. The van der Waals surface area contributed by atoms with Crippen LogP contribution in [0.3, 0.4) is 0 Å². The molecule has 4 N–H and O–H groups in total. The number of carbonyl (C=O) groups excluding carboxylic acids is 4. The number of methoxy groups -OCH3 is 2. The van der Waals surface area contributed by atoms with Crippen LogP contribution in [-0.4, -0.2) is 93.1 Å². The molecule has 2 spiro atoms. The summed E-state index contributed by atoms with van der Waals surface area (Å²) in [7, 11) is 2.64. The first-order valence-corrected chi connectivity index (χ1v) is 26.6. The van der Waals surface area contributed by atoms with E-state index in [-0.39, 0.29) is 46.6 Å². The normalized spacial score (nSPS) is 20.8. The fourth-order valence-electron chi connectivity index (χ4n) is 12.7. The minimum atomic E-state index is -0.697. The largest absolute Gasteiger partial charge is 0.453 e. The summed E-state index contributed by atoms with van der Waals surface area (Å²) in [5, 5.41) is 5.57. The predicted octanol–water partition coefficient (Wildman–Crippen LogP) is 11.2. The average Bonchev–Trinajstić information content (AvgIpc) is 4.03. The molecule has 14 heteroatoms. The average molecular weight is 977 g/mol. The molecule has 2 saturated carbocycles. The highest BCUT2D eigenvalue weighted by atomic mass is 16.5. The number of amides is 4. The number of hydrogen-bond acceptors (Lipinski definition) is 8. The number of aromatic amines is 2. The smallest absolute Gasteiger partial charge is 0.407 e. The van der Waals surface area contributed by atoms with Gasteiger partial charge in [0.1, 0.15) is 23.7 Å². The van der Waals surface area contributed by atoms with Crippen LogP contribution in [0.2, 0.25) is 0 Å². The summed E-state index contributed by atoms with van der Waals surface area (Å²) in [4.78, 5) is 73.6. The van der Waals surface area contributed by atoms with Crippen molar-refractivity contribution in [1.82, 2.24) is 40.4 Å². The number of H-pyrrole nitrogens is 2. The third-order valence-electron chi connectivity index (χ3n) is 16.9. The Morgan fingerprint density at radius 3 is 1.68 bits per heavy atom. The predicted molar refractivity (Wildman–Crippen MR) is 278 cm³/mol. The first-order chi connectivity index (χ1) is 34.8. The third kappa shape index (κ3) is 9.53. The van der Waals surface area contributed by atoms with Crippen LogP contribution < -0.4 is 10.6 Å². The first-order valence-electron chi connectivity index (χ1n) is 26.6. The molecular formula is C58H72N8O6.